The number of ether oxygens (including phenoxy) is 2. The molecule has 0 aromatic heterocycles. The van der Waals surface area contributed by atoms with Crippen molar-refractivity contribution in [1.82, 2.24) is 0 Å². The van der Waals surface area contributed by atoms with Gasteiger partial charge in [-0.05, 0) is 27.7 Å². The Balaban J connectivity index is -0.000000571. The molecule has 0 saturated heterocycles. The topological polar surface area (TPSA) is 188 Å². The first kappa shape index (κ1) is 33.4. The molecule has 0 spiro atoms. The molecule has 2 unspecified atom stereocenters. The van der Waals surface area contributed by atoms with Crippen molar-refractivity contribution in [3.8, 4) is 0 Å². The van der Waals surface area contributed by atoms with E-state index < -0.39 is 55.4 Å². The molecule has 0 saturated carbocycles. The van der Waals surface area contributed by atoms with Crippen LogP contribution in [0.25, 0.3) is 0 Å². The highest BCUT2D eigenvalue weighted by Gasteiger charge is 2.27. The molecule has 0 aliphatic carbocycles. The number of hydrogen-bond donors (Lipinski definition) is 5. The number of carbonyl (C=O) groups is 4. The van der Waals surface area contributed by atoms with E-state index in [1.807, 2.05) is 0 Å². The van der Waals surface area contributed by atoms with Gasteiger partial charge in [0.25, 0.3) is 0 Å². The van der Waals surface area contributed by atoms with Crippen molar-refractivity contribution in [1.29, 1.82) is 0 Å². The fourth-order valence-corrected chi connectivity index (χ4v) is 1.02. The third-order valence-electron chi connectivity index (χ3n) is 2.99. The third-order valence-corrected chi connectivity index (χ3v) is 2.99. The number of hydrogen-bond acceptors (Lipinski definition) is 9. The Morgan fingerprint density at radius 3 is 1.00 bits per heavy atom. The zero-order chi connectivity index (χ0) is 26.2. The van der Waals surface area contributed by atoms with Gasteiger partial charge in [0.05, 0.1) is 0 Å². The molecule has 0 bridgehead atoms. The Morgan fingerprint density at radius 1 is 0.625 bits per heavy atom. The second-order valence-corrected chi connectivity index (χ2v) is 6.55. The largest absolute Gasteiger partial charge is 0.478 e. The van der Waals surface area contributed by atoms with E-state index in [-0.39, 0.29) is 22.3 Å². The van der Waals surface area contributed by atoms with Crippen LogP contribution in [0, 0.1) is 0 Å². The Labute approximate surface area is 186 Å². The number of aliphatic hydroxyl groups excluding tert-OH is 3. The minimum Gasteiger partial charge on any atom is -0.478 e. The lowest BCUT2D eigenvalue weighted by atomic mass is 10.1. The SMILES string of the molecule is C=C(C)C(=O)O.C=C(C)C(=O)O.C=C(C)C(=O)OCC(O)C(O)C(O)COC(=O)C(=C)C. The molecule has 32 heavy (non-hydrogen) atoms. The van der Waals surface area contributed by atoms with Crippen LogP contribution in [0.5, 0.6) is 0 Å². The van der Waals surface area contributed by atoms with E-state index in [2.05, 4.69) is 35.8 Å². The molecule has 0 aliphatic rings. The van der Waals surface area contributed by atoms with Gasteiger partial charge in [-0.3, -0.25) is 0 Å². The summed E-state index contributed by atoms with van der Waals surface area (Å²) >= 11 is 0. The maximum Gasteiger partial charge on any atom is 0.333 e. The first-order valence-electron chi connectivity index (χ1n) is 8.92. The maximum absolute atomic E-state index is 11.1. The molecule has 0 aromatic rings. The Morgan fingerprint density at radius 2 is 0.844 bits per heavy atom. The van der Waals surface area contributed by atoms with Gasteiger partial charge in [0, 0.05) is 22.3 Å². The average Bonchev–Trinajstić information content (AvgIpc) is 2.69. The predicted octanol–water partition coefficient (Wildman–Crippen LogP) is 0.602. The van der Waals surface area contributed by atoms with Crippen LogP contribution < -0.4 is 0 Å². The van der Waals surface area contributed by atoms with Gasteiger partial charge in [-0.2, -0.15) is 0 Å². The summed E-state index contributed by atoms with van der Waals surface area (Å²) < 4.78 is 9.24. The summed E-state index contributed by atoms with van der Waals surface area (Å²) in [6.45, 7) is 17.7. The van der Waals surface area contributed by atoms with Crippen LogP contribution in [0.1, 0.15) is 27.7 Å². The first-order chi connectivity index (χ1) is 14.4. The molecule has 2 atom stereocenters. The van der Waals surface area contributed by atoms with E-state index in [4.69, 9.17) is 10.2 Å². The molecule has 5 N–H and O–H groups in total. The molecule has 182 valence electrons. The zero-order valence-electron chi connectivity index (χ0n) is 18.7. The van der Waals surface area contributed by atoms with Gasteiger partial charge in [-0.15, -0.1) is 0 Å². The molecule has 0 radical (unpaired) electrons. The summed E-state index contributed by atoms with van der Waals surface area (Å²) in [5.41, 5.74) is 0.634. The second-order valence-electron chi connectivity index (χ2n) is 6.55. The molecule has 11 nitrogen and oxygen atoms in total. The van der Waals surface area contributed by atoms with E-state index in [0.29, 0.717) is 0 Å². The Bertz CT molecular complexity index is 637. The van der Waals surface area contributed by atoms with Crippen molar-refractivity contribution in [3.05, 3.63) is 48.6 Å². The standard InChI is InChI=1S/C13H20O7.2C4H6O2/c1-7(2)12(17)19-5-9(14)11(16)10(15)6-20-13(18)8(3)4;2*1-3(2)4(5)6/h9-11,14-16H,1,3,5-6H2,2,4H3;2*1H2,2H3,(H,5,6). The highest BCUT2D eigenvalue weighted by Crippen LogP contribution is 2.05. The quantitative estimate of drug-likeness (QED) is 0.227. The lowest BCUT2D eigenvalue weighted by Gasteiger charge is -2.22. The normalized spacial score (nSPS) is 12.1. The zero-order valence-corrected chi connectivity index (χ0v) is 18.7. The maximum atomic E-state index is 11.1. The predicted molar refractivity (Wildman–Crippen MR) is 114 cm³/mol. The molecular formula is C21H32O11. The fourth-order valence-electron chi connectivity index (χ4n) is 1.02. The molecular weight excluding hydrogens is 428 g/mol. The van der Waals surface area contributed by atoms with E-state index in [9.17, 15) is 34.5 Å². The highest BCUT2D eigenvalue weighted by molar-refractivity contribution is 5.87. The second kappa shape index (κ2) is 17.4. The molecule has 0 fully saturated rings. The van der Waals surface area contributed by atoms with Crippen LogP contribution in [0.15, 0.2) is 48.6 Å². The summed E-state index contributed by atoms with van der Waals surface area (Å²) in [7, 11) is 0. The smallest absolute Gasteiger partial charge is 0.333 e. The molecule has 0 aliphatic heterocycles. The van der Waals surface area contributed by atoms with Crippen LogP contribution in [-0.2, 0) is 28.7 Å². The molecule has 0 aromatic carbocycles. The fraction of sp³-hybridized carbons (Fsp3) is 0.429. The summed E-state index contributed by atoms with van der Waals surface area (Å²) in [5.74, 6) is -3.32. The van der Waals surface area contributed by atoms with Crippen LogP contribution >= 0.6 is 0 Å². The van der Waals surface area contributed by atoms with Gasteiger partial charge in [0.2, 0.25) is 0 Å². The number of carboxylic acids is 2. The van der Waals surface area contributed by atoms with Gasteiger partial charge < -0.3 is 35.0 Å². The summed E-state index contributed by atoms with van der Waals surface area (Å²) in [4.78, 5) is 41.3. The van der Waals surface area contributed by atoms with Gasteiger partial charge in [0.15, 0.2) is 0 Å². The van der Waals surface area contributed by atoms with Crippen LogP contribution in [-0.4, -0.2) is 80.9 Å². The van der Waals surface area contributed by atoms with Crippen LogP contribution in [0.3, 0.4) is 0 Å². The third kappa shape index (κ3) is 18.7. The summed E-state index contributed by atoms with van der Waals surface area (Å²) in [5, 5.41) is 44.4. The number of carbonyl (C=O) groups excluding carboxylic acids is 2. The monoisotopic (exact) mass is 460 g/mol. The lowest BCUT2D eigenvalue weighted by Crippen LogP contribution is -2.43. The number of esters is 2. The molecule has 0 rings (SSSR count). The van der Waals surface area contributed by atoms with Crippen molar-refractivity contribution < 1.29 is 54.2 Å². The van der Waals surface area contributed by atoms with Crippen molar-refractivity contribution in [3.63, 3.8) is 0 Å². The van der Waals surface area contributed by atoms with Crippen molar-refractivity contribution in [2.45, 2.75) is 46.0 Å². The molecule has 0 amide bonds. The van der Waals surface area contributed by atoms with Crippen molar-refractivity contribution >= 4 is 23.9 Å². The van der Waals surface area contributed by atoms with Crippen molar-refractivity contribution in [2.24, 2.45) is 0 Å². The molecule has 0 heterocycles. The van der Waals surface area contributed by atoms with E-state index in [1.165, 1.54) is 27.7 Å². The molecule has 11 heteroatoms. The lowest BCUT2D eigenvalue weighted by molar-refractivity contribution is -0.153. The Hall–Kier alpha value is -3.28. The van der Waals surface area contributed by atoms with Crippen molar-refractivity contribution in [2.75, 3.05) is 13.2 Å². The number of rotatable bonds is 10. The van der Waals surface area contributed by atoms with Gasteiger partial charge >= 0.3 is 23.9 Å². The van der Waals surface area contributed by atoms with E-state index in [1.54, 1.807) is 0 Å². The number of aliphatic hydroxyl groups is 3. The Kier molecular flexibility index (Phi) is 18.1. The van der Waals surface area contributed by atoms with Gasteiger partial charge in [-0.1, -0.05) is 26.3 Å². The van der Waals surface area contributed by atoms with E-state index >= 15 is 0 Å². The van der Waals surface area contributed by atoms with Crippen LogP contribution in [0.4, 0.5) is 0 Å². The number of aliphatic carboxylic acids is 2. The van der Waals surface area contributed by atoms with Crippen LogP contribution in [0.2, 0.25) is 0 Å². The van der Waals surface area contributed by atoms with E-state index in [0.717, 1.165) is 0 Å². The highest BCUT2D eigenvalue weighted by atomic mass is 16.6. The summed E-state index contributed by atoms with van der Waals surface area (Å²) in [6.07, 6.45) is -4.67. The summed E-state index contributed by atoms with van der Waals surface area (Å²) in [6, 6.07) is 0. The minimum absolute atomic E-state index is 0.141. The average molecular weight is 460 g/mol. The van der Waals surface area contributed by atoms with Gasteiger partial charge in [0.1, 0.15) is 31.5 Å². The first-order valence-corrected chi connectivity index (χ1v) is 8.92. The minimum atomic E-state index is -1.63. The van der Waals surface area contributed by atoms with Gasteiger partial charge in [-0.25, -0.2) is 19.2 Å². The number of carboxylic acid groups (broad SMARTS) is 2.